The van der Waals surface area contributed by atoms with Gasteiger partial charge in [-0.15, -0.1) is 10.2 Å². The number of carbonyl (C=O) groups excluding carboxylic acids is 1. The van der Waals surface area contributed by atoms with E-state index >= 15 is 0 Å². The van der Waals surface area contributed by atoms with Gasteiger partial charge in [0, 0.05) is 11.5 Å². The van der Waals surface area contributed by atoms with E-state index in [9.17, 15) is 4.79 Å². The van der Waals surface area contributed by atoms with Crippen LogP contribution in [0.3, 0.4) is 0 Å². The molecular weight excluding hydrogens is 258 g/mol. The van der Waals surface area contributed by atoms with Gasteiger partial charge in [-0.3, -0.25) is 10.1 Å². The van der Waals surface area contributed by atoms with Crippen LogP contribution in [0.2, 0.25) is 0 Å². The lowest BCUT2D eigenvalue weighted by Crippen LogP contribution is -2.12. The first-order valence-electron chi connectivity index (χ1n) is 6.19. The molecular formula is C14H17N3OS. The first-order valence-corrected chi connectivity index (χ1v) is 7.01. The van der Waals surface area contributed by atoms with E-state index in [0.29, 0.717) is 16.6 Å². The van der Waals surface area contributed by atoms with Crippen molar-refractivity contribution in [1.82, 2.24) is 10.2 Å². The average Bonchev–Trinajstić information content (AvgIpc) is 2.81. The molecule has 0 unspecified atom stereocenters. The van der Waals surface area contributed by atoms with Crippen molar-refractivity contribution in [3.05, 3.63) is 39.9 Å². The smallest absolute Gasteiger partial charge is 0.257 e. The van der Waals surface area contributed by atoms with Gasteiger partial charge in [0.25, 0.3) is 5.91 Å². The Morgan fingerprint density at radius 1 is 1.21 bits per heavy atom. The van der Waals surface area contributed by atoms with Gasteiger partial charge in [0.05, 0.1) is 0 Å². The summed E-state index contributed by atoms with van der Waals surface area (Å²) in [7, 11) is 0. The maximum absolute atomic E-state index is 12.1. The van der Waals surface area contributed by atoms with Crippen LogP contribution < -0.4 is 5.32 Å². The molecule has 0 saturated heterocycles. The number of nitrogens with one attached hydrogen (secondary N) is 1. The van der Waals surface area contributed by atoms with Gasteiger partial charge >= 0.3 is 0 Å². The van der Waals surface area contributed by atoms with E-state index in [2.05, 4.69) is 29.4 Å². The molecule has 1 aromatic heterocycles. The second-order valence-corrected chi connectivity index (χ2v) is 5.86. The van der Waals surface area contributed by atoms with E-state index in [1.54, 1.807) is 0 Å². The summed E-state index contributed by atoms with van der Waals surface area (Å²) < 4.78 is 0. The summed E-state index contributed by atoms with van der Waals surface area (Å²) in [5.74, 6) is 0.180. The molecule has 0 spiro atoms. The first kappa shape index (κ1) is 13.7. The van der Waals surface area contributed by atoms with Crippen molar-refractivity contribution in [3.8, 4) is 0 Å². The van der Waals surface area contributed by atoms with Gasteiger partial charge in [0.1, 0.15) is 5.01 Å². The summed E-state index contributed by atoms with van der Waals surface area (Å²) in [6.45, 7) is 8.12. The highest BCUT2D eigenvalue weighted by atomic mass is 32.1. The number of nitrogens with zero attached hydrogens (tertiary/aromatic N) is 2. The molecule has 0 bridgehead atoms. The molecule has 0 saturated carbocycles. The summed E-state index contributed by atoms with van der Waals surface area (Å²) in [5.41, 5.74) is 2.92. The number of hydrogen-bond acceptors (Lipinski definition) is 4. The zero-order chi connectivity index (χ0) is 14.0. The van der Waals surface area contributed by atoms with Crippen molar-refractivity contribution in [3.63, 3.8) is 0 Å². The molecule has 2 rings (SSSR count). The molecule has 4 nitrogen and oxygen atoms in total. The van der Waals surface area contributed by atoms with E-state index in [4.69, 9.17) is 0 Å². The average molecular weight is 275 g/mol. The monoisotopic (exact) mass is 275 g/mol. The van der Waals surface area contributed by atoms with E-state index in [-0.39, 0.29) is 5.91 Å². The summed E-state index contributed by atoms with van der Waals surface area (Å²) >= 11 is 1.42. The summed E-state index contributed by atoms with van der Waals surface area (Å²) in [6, 6.07) is 5.65. The van der Waals surface area contributed by atoms with Gasteiger partial charge < -0.3 is 0 Å². The minimum Gasteiger partial charge on any atom is -0.296 e. The predicted molar refractivity (Wildman–Crippen MR) is 77.9 cm³/mol. The van der Waals surface area contributed by atoms with Crippen molar-refractivity contribution in [2.75, 3.05) is 5.32 Å². The van der Waals surface area contributed by atoms with Crippen LogP contribution in [-0.2, 0) is 0 Å². The molecule has 1 N–H and O–H groups in total. The number of aromatic nitrogens is 2. The molecule has 100 valence electrons. The molecule has 0 aliphatic heterocycles. The minimum absolute atomic E-state index is 0.144. The number of hydrogen-bond donors (Lipinski definition) is 1. The van der Waals surface area contributed by atoms with Gasteiger partial charge in [0.15, 0.2) is 0 Å². The lowest BCUT2D eigenvalue weighted by atomic mass is 10.1. The molecule has 0 fully saturated rings. The Morgan fingerprint density at radius 2 is 1.95 bits per heavy atom. The van der Waals surface area contributed by atoms with Crippen molar-refractivity contribution in [2.24, 2.45) is 0 Å². The van der Waals surface area contributed by atoms with Crippen LogP contribution in [0.5, 0.6) is 0 Å². The zero-order valence-corrected chi connectivity index (χ0v) is 12.3. The quantitative estimate of drug-likeness (QED) is 0.932. The fourth-order valence-electron chi connectivity index (χ4n) is 1.57. The lowest BCUT2D eigenvalue weighted by molar-refractivity contribution is 0.102. The Balaban J connectivity index is 2.13. The number of aryl methyl sites for hydroxylation is 2. The fraction of sp³-hybridized carbons (Fsp3) is 0.357. The molecule has 1 amide bonds. The van der Waals surface area contributed by atoms with E-state index in [0.717, 1.165) is 10.6 Å². The molecule has 0 radical (unpaired) electrons. The van der Waals surface area contributed by atoms with Gasteiger partial charge in [-0.2, -0.15) is 0 Å². The Kier molecular flexibility index (Phi) is 3.95. The first-order chi connectivity index (χ1) is 8.97. The van der Waals surface area contributed by atoms with Crippen LogP contribution in [0.4, 0.5) is 5.13 Å². The van der Waals surface area contributed by atoms with Crippen LogP contribution in [0.15, 0.2) is 18.2 Å². The number of benzene rings is 1. The van der Waals surface area contributed by atoms with Crippen LogP contribution in [0, 0.1) is 13.8 Å². The molecule has 1 aromatic carbocycles. The van der Waals surface area contributed by atoms with Crippen molar-refractivity contribution >= 4 is 22.4 Å². The standard InChI is InChI=1S/C14H17N3OS/c1-8(2)13-16-17-14(19-13)15-12(18)11-6-5-9(3)10(4)7-11/h5-8H,1-4H3,(H,15,17,18). The topological polar surface area (TPSA) is 54.9 Å². The Bertz CT molecular complexity index is 604. The molecule has 0 aliphatic carbocycles. The van der Waals surface area contributed by atoms with Gasteiger partial charge in [-0.25, -0.2) is 0 Å². The summed E-state index contributed by atoms with van der Waals surface area (Å²) in [4.78, 5) is 12.1. The van der Waals surface area contributed by atoms with E-state index in [1.165, 1.54) is 16.9 Å². The van der Waals surface area contributed by atoms with E-state index < -0.39 is 0 Å². The normalized spacial score (nSPS) is 10.8. The molecule has 1 heterocycles. The Morgan fingerprint density at radius 3 is 2.53 bits per heavy atom. The molecule has 19 heavy (non-hydrogen) atoms. The third-order valence-electron chi connectivity index (χ3n) is 2.92. The van der Waals surface area contributed by atoms with Gasteiger partial charge in [-0.05, 0) is 37.1 Å². The number of anilines is 1. The summed E-state index contributed by atoms with van der Waals surface area (Å²) in [6.07, 6.45) is 0. The Hall–Kier alpha value is -1.75. The summed E-state index contributed by atoms with van der Waals surface area (Å²) in [5, 5.41) is 12.3. The second-order valence-electron chi connectivity index (χ2n) is 4.85. The SMILES string of the molecule is Cc1ccc(C(=O)Nc2nnc(C(C)C)s2)cc1C. The largest absolute Gasteiger partial charge is 0.296 e. The fourth-order valence-corrected chi connectivity index (χ4v) is 2.31. The maximum Gasteiger partial charge on any atom is 0.257 e. The van der Waals surface area contributed by atoms with Gasteiger partial charge in [-0.1, -0.05) is 31.3 Å². The van der Waals surface area contributed by atoms with E-state index in [1.807, 2.05) is 32.0 Å². The van der Waals surface area contributed by atoms with Crippen molar-refractivity contribution in [1.29, 1.82) is 0 Å². The van der Waals surface area contributed by atoms with Crippen molar-refractivity contribution < 1.29 is 4.79 Å². The Labute approximate surface area is 116 Å². The highest BCUT2D eigenvalue weighted by molar-refractivity contribution is 7.15. The minimum atomic E-state index is -0.144. The number of carbonyl (C=O) groups is 1. The number of rotatable bonds is 3. The predicted octanol–water partition coefficient (Wildman–Crippen LogP) is 3.53. The molecule has 0 atom stereocenters. The molecule has 0 aliphatic rings. The highest BCUT2D eigenvalue weighted by Gasteiger charge is 2.12. The maximum atomic E-state index is 12.1. The van der Waals surface area contributed by atoms with Crippen LogP contribution in [-0.4, -0.2) is 16.1 Å². The zero-order valence-electron chi connectivity index (χ0n) is 11.5. The number of amides is 1. The lowest BCUT2D eigenvalue weighted by Gasteiger charge is -2.04. The molecule has 2 aromatic rings. The van der Waals surface area contributed by atoms with Gasteiger partial charge in [0.2, 0.25) is 5.13 Å². The third-order valence-corrected chi connectivity index (χ3v) is 4.06. The molecule has 5 heteroatoms. The van der Waals surface area contributed by atoms with Crippen LogP contribution in [0.1, 0.15) is 46.3 Å². The third kappa shape index (κ3) is 3.17. The van der Waals surface area contributed by atoms with Crippen LogP contribution >= 0.6 is 11.3 Å². The highest BCUT2D eigenvalue weighted by Crippen LogP contribution is 2.23. The van der Waals surface area contributed by atoms with Crippen molar-refractivity contribution in [2.45, 2.75) is 33.6 Å². The second kappa shape index (κ2) is 5.48. The van der Waals surface area contributed by atoms with Crippen LogP contribution in [0.25, 0.3) is 0 Å².